The molecular weight excluding hydrogens is 261 g/mol. The molecule has 1 amide bonds. The number of aromatic nitrogens is 2. The summed E-state index contributed by atoms with van der Waals surface area (Å²) in [6.07, 6.45) is 2.53. The highest BCUT2D eigenvalue weighted by Crippen LogP contribution is 2.36. The second-order valence-electron chi connectivity index (χ2n) is 4.40. The number of amides is 1. The Balaban J connectivity index is 1.96. The van der Waals surface area contributed by atoms with Crippen LogP contribution in [0.1, 0.15) is 30.1 Å². The third-order valence-corrected chi connectivity index (χ3v) is 3.44. The SMILES string of the molecule is CC(CNC(=O)c1cc(Cl)nnc1Cl)C1CC1. The Labute approximate surface area is 110 Å². The van der Waals surface area contributed by atoms with Gasteiger partial charge in [0.1, 0.15) is 0 Å². The van der Waals surface area contributed by atoms with E-state index in [1.807, 2.05) is 0 Å². The Kier molecular flexibility index (Phi) is 3.84. The van der Waals surface area contributed by atoms with Gasteiger partial charge in [-0.15, -0.1) is 10.2 Å². The summed E-state index contributed by atoms with van der Waals surface area (Å²) in [7, 11) is 0. The van der Waals surface area contributed by atoms with Crippen molar-refractivity contribution in [3.05, 3.63) is 21.9 Å². The van der Waals surface area contributed by atoms with E-state index < -0.39 is 0 Å². The van der Waals surface area contributed by atoms with Gasteiger partial charge in [-0.3, -0.25) is 4.79 Å². The van der Waals surface area contributed by atoms with Gasteiger partial charge in [-0.2, -0.15) is 0 Å². The maximum absolute atomic E-state index is 11.8. The summed E-state index contributed by atoms with van der Waals surface area (Å²) in [4.78, 5) is 11.8. The Morgan fingerprint density at radius 2 is 2.24 bits per heavy atom. The molecule has 0 bridgehead atoms. The normalized spacial score (nSPS) is 16.6. The highest BCUT2D eigenvalue weighted by atomic mass is 35.5. The molecule has 1 saturated carbocycles. The van der Waals surface area contributed by atoms with E-state index in [1.54, 1.807) is 0 Å². The summed E-state index contributed by atoms with van der Waals surface area (Å²) >= 11 is 11.5. The zero-order chi connectivity index (χ0) is 12.4. The highest BCUT2D eigenvalue weighted by molar-refractivity contribution is 6.34. The van der Waals surface area contributed by atoms with Gasteiger partial charge in [0, 0.05) is 6.54 Å². The molecule has 0 spiro atoms. The predicted octanol–water partition coefficient (Wildman–Crippen LogP) is 2.56. The van der Waals surface area contributed by atoms with Crippen molar-refractivity contribution in [1.29, 1.82) is 0 Å². The average Bonchev–Trinajstić information content (AvgIpc) is 3.12. The quantitative estimate of drug-likeness (QED) is 0.918. The molecule has 0 radical (unpaired) electrons. The number of nitrogens with one attached hydrogen (secondary N) is 1. The summed E-state index contributed by atoms with van der Waals surface area (Å²) in [5, 5.41) is 10.2. The Hall–Kier alpha value is -0.870. The Morgan fingerprint density at radius 3 is 2.88 bits per heavy atom. The van der Waals surface area contributed by atoms with Gasteiger partial charge in [-0.05, 0) is 30.7 Å². The fourth-order valence-electron chi connectivity index (χ4n) is 1.69. The molecule has 0 aliphatic heterocycles. The first-order chi connectivity index (χ1) is 8.08. The van der Waals surface area contributed by atoms with Crippen LogP contribution in [0.5, 0.6) is 0 Å². The number of nitrogens with zero attached hydrogens (tertiary/aromatic N) is 2. The van der Waals surface area contributed by atoms with Crippen molar-refractivity contribution in [3.63, 3.8) is 0 Å². The van der Waals surface area contributed by atoms with Gasteiger partial charge in [0.25, 0.3) is 5.91 Å². The van der Waals surface area contributed by atoms with E-state index in [0.717, 1.165) is 5.92 Å². The average molecular weight is 274 g/mol. The van der Waals surface area contributed by atoms with Crippen LogP contribution in [-0.2, 0) is 0 Å². The molecule has 1 N–H and O–H groups in total. The van der Waals surface area contributed by atoms with Crippen LogP contribution >= 0.6 is 23.2 Å². The monoisotopic (exact) mass is 273 g/mol. The van der Waals surface area contributed by atoms with Gasteiger partial charge in [0.15, 0.2) is 10.3 Å². The standard InChI is InChI=1S/C11H13Cl2N3O/c1-6(7-2-3-7)5-14-11(17)8-4-9(12)15-16-10(8)13/h4,6-7H,2-3,5H2,1H3,(H,14,17). The third-order valence-electron chi connectivity index (χ3n) is 2.97. The molecule has 0 saturated heterocycles. The van der Waals surface area contributed by atoms with Crippen LogP contribution in [0.2, 0.25) is 10.3 Å². The maximum Gasteiger partial charge on any atom is 0.254 e. The molecule has 1 heterocycles. The van der Waals surface area contributed by atoms with Crippen molar-refractivity contribution in [3.8, 4) is 0 Å². The summed E-state index contributed by atoms with van der Waals surface area (Å²) in [5.41, 5.74) is 0.273. The van der Waals surface area contributed by atoms with E-state index >= 15 is 0 Å². The van der Waals surface area contributed by atoms with Crippen molar-refractivity contribution in [1.82, 2.24) is 15.5 Å². The predicted molar refractivity (Wildman–Crippen MR) is 66.3 cm³/mol. The van der Waals surface area contributed by atoms with Crippen LogP contribution < -0.4 is 5.32 Å². The first kappa shape index (κ1) is 12.6. The molecule has 1 atom stereocenters. The number of carbonyl (C=O) groups excluding carboxylic acids is 1. The number of halogens is 2. The molecule has 4 nitrogen and oxygen atoms in total. The lowest BCUT2D eigenvalue weighted by molar-refractivity contribution is 0.0946. The molecule has 2 rings (SSSR count). The Bertz CT molecular complexity index is 435. The molecule has 0 aromatic carbocycles. The summed E-state index contributed by atoms with van der Waals surface area (Å²) < 4.78 is 0. The van der Waals surface area contributed by atoms with Gasteiger partial charge in [0.2, 0.25) is 0 Å². The summed E-state index contributed by atoms with van der Waals surface area (Å²) in [5.74, 6) is 1.01. The molecule has 92 valence electrons. The van der Waals surface area contributed by atoms with E-state index in [4.69, 9.17) is 23.2 Å². The largest absolute Gasteiger partial charge is 0.352 e. The Morgan fingerprint density at radius 1 is 1.53 bits per heavy atom. The second kappa shape index (κ2) is 5.19. The van der Waals surface area contributed by atoms with E-state index in [-0.39, 0.29) is 21.8 Å². The first-order valence-electron chi connectivity index (χ1n) is 5.55. The first-order valence-corrected chi connectivity index (χ1v) is 6.30. The van der Waals surface area contributed by atoms with E-state index in [1.165, 1.54) is 18.9 Å². The number of carbonyl (C=O) groups is 1. The lowest BCUT2D eigenvalue weighted by Crippen LogP contribution is -2.29. The minimum atomic E-state index is -0.251. The van der Waals surface area contributed by atoms with Crippen LogP contribution in [0.15, 0.2) is 6.07 Å². The van der Waals surface area contributed by atoms with Crippen molar-refractivity contribution in [2.24, 2.45) is 11.8 Å². The minimum Gasteiger partial charge on any atom is -0.352 e. The lowest BCUT2D eigenvalue weighted by atomic mass is 10.1. The molecule has 17 heavy (non-hydrogen) atoms. The van der Waals surface area contributed by atoms with Crippen LogP contribution in [0.4, 0.5) is 0 Å². The van der Waals surface area contributed by atoms with Gasteiger partial charge >= 0.3 is 0 Å². The minimum absolute atomic E-state index is 0.0750. The molecule has 1 aromatic heterocycles. The van der Waals surface area contributed by atoms with Crippen LogP contribution in [0.25, 0.3) is 0 Å². The summed E-state index contributed by atoms with van der Waals surface area (Å²) in [6.45, 7) is 2.79. The zero-order valence-corrected chi connectivity index (χ0v) is 10.9. The zero-order valence-electron chi connectivity index (χ0n) is 9.41. The fourth-order valence-corrected chi connectivity index (χ4v) is 2.02. The molecule has 6 heteroatoms. The highest BCUT2D eigenvalue weighted by Gasteiger charge is 2.28. The van der Waals surface area contributed by atoms with Crippen molar-refractivity contribution in [2.75, 3.05) is 6.54 Å². The third kappa shape index (κ3) is 3.30. The van der Waals surface area contributed by atoms with Gasteiger partial charge in [-0.1, -0.05) is 30.1 Å². The van der Waals surface area contributed by atoms with Crippen LogP contribution in [-0.4, -0.2) is 22.6 Å². The van der Waals surface area contributed by atoms with E-state index in [9.17, 15) is 4.79 Å². The molecule has 1 aromatic rings. The number of rotatable bonds is 4. The van der Waals surface area contributed by atoms with Crippen LogP contribution in [0.3, 0.4) is 0 Å². The number of hydrogen-bond acceptors (Lipinski definition) is 3. The van der Waals surface area contributed by atoms with E-state index in [0.29, 0.717) is 12.5 Å². The van der Waals surface area contributed by atoms with Crippen molar-refractivity contribution in [2.45, 2.75) is 19.8 Å². The van der Waals surface area contributed by atoms with Gasteiger partial charge < -0.3 is 5.32 Å². The molecule has 1 aliphatic rings. The second-order valence-corrected chi connectivity index (χ2v) is 5.14. The molecule has 1 aliphatic carbocycles. The molecule has 1 unspecified atom stereocenters. The smallest absolute Gasteiger partial charge is 0.254 e. The van der Waals surface area contributed by atoms with Gasteiger partial charge in [-0.25, -0.2) is 0 Å². The van der Waals surface area contributed by atoms with E-state index in [2.05, 4.69) is 22.4 Å². The molecular formula is C11H13Cl2N3O. The number of hydrogen-bond donors (Lipinski definition) is 1. The summed E-state index contributed by atoms with van der Waals surface area (Å²) in [6, 6.07) is 1.42. The molecule has 1 fully saturated rings. The fraction of sp³-hybridized carbons (Fsp3) is 0.545. The maximum atomic E-state index is 11.8. The van der Waals surface area contributed by atoms with Crippen molar-refractivity contribution >= 4 is 29.1 Å². The van der Waals surface area contributed by atoms with Crippen LogP contribution in [0, 0.1) is 11.8 Å². The lowest BCUT2D eigenvalue weighted by Gasteiger charge is -2.11. The van der Waals surface area contributed by atoms with Crippen molar-refractivity contribution < 1.29 is 4.79 Å². The topological polar surface area (TPSA) is 54.9 Å². The van der Waals surface area contributed by atoms with Gasteiger partial charge in [0.05, 0.1) is 5.56 Å².